The summed E-state index contributed by atoms with van der Waals surface area (Å²) in [6.45, 7) is 3.08. The highest BCUT2D eigenvalue weighted by Crippen LogP contribution is 2.36. The summed E-state index contributed by atoms with van der Waals surface area (Å²) in [5, 5.41) is 0. The number of hydrogen-bond acceptors (Lipinski definition) is 1. The Labute approximate surface area is 86.3 Å². The van der Waals surface area contributed by atoms with Crippen molar-refractivity contribution in [2.75, 3.05) is 6.54 Å². The summed E-state index contributed by atoms with van der Waals surface area (Å²) in [6.07, 6.45) is 3.89. The molecule has 2 N–H and O–H groups in total. The van der Waals surface area contributed by atoms with Crippen LogP contribution < -0.4 is 5.73 Å². The van der Waals surface area contributed by atoms with Crippen molar-refractivity contribution in [2.45, 2.75) is 32.1 Å². The van der Waals surface area contributed by atoms with Gasteiger partial charge in [-0.2, -0.15) is 0 Å². The van der Waals surface area contributed by atoms with E-state index in [0.29, 0.717) is 11.8 Å². The second-order valence-corrected chi connectivity index (χ2v) is 4.41. The molecule has 0 radical (unpaired) electrons. The SMILES string of the molecule is CC(CN)C1CCCc2ccccc21. The third kappa shape index (κ3) is 1.69. The molecule has 1 aliphatic carbocycles. The fourth-order valence-corrected chi connectivity index (χ4v) is 2.55. The Morgan fingerprint density at radius 1 is 1.43 bits per heavy atom. The van der Waals surface area contributed by atoms with Gasteiger partial charge in [0.15, 0.2) is 0 Å². The average Bonchev–Trinajstić information content (AvgIpc) is 2.27. The van der Waals surface area contributed by atoms with Gasteiger partial charge in [-0.25, -0.2) is 0 Å². The van der Waals surface area contributed by atoms with E-state index in [-0.39, 0.29) is 0 Å². The normalized spacial score (nSPS) is 22.9. The first kappa shape index (κ1) is 9.72. The first-order valence-electron chi connectivity index (χ1n) is 5.61. The highest BCUT2D eigenvalue weighted by molar-refractivity contribution is 5.33. The summed E-state index contributed by atoms with van der Waals surface area (Å²) < 4.78 is 0. The monoisotopic (exact) mass is 189 g/mol. The van der Waals surface area contributed by atoms with E-state index < -0.39 is 0 Å². The average molecular weight is 189 g/mol. The fourth-order valence-electron chi connectivity index (χ4n) is 2.55. The molecule has 2 rings (SSSR count). The lowest BCUT2D eigenvalue weighted by molar-refractivity contribution is 0.413. The van der Waals surface area contributed by atoms with Crippen LogP contribution in [0.2, 0.25) is 0 Å². The molecule has 0 saturated heterocycles. The zero-order chi connectivity index (χ0) is 9.97. The number of rotatable bonds is 2. The van der Waals surface area contributed by atoms with E-state index in [9.17, 15) is 0 Å². The van der Waals surface area contributed by atoms with Crippen LogP contribution in [0.4, 0.5) is 0 Å². The highest BCUT2D eigenvalue weighted by Gasteiger charge is 2.23. The van der Waals surface area contributed by atoms with Crippen LogP contribution in [0.1, 0.15) is 36.8 Å². The lowest BCUT2D eigenvalue weighted by Crippen LogP contribution is -2.22. The maximum Gasteiger partial charge on any atom is -0.00457 e. The summed E-state index contributed by atoms with van der Waals surface area (Å²) in [7, 11) is 0. The van der Waals surface area contributed by atoms with E-state index >= 15 is 0 Å². The van der Waals surface area contributed by atoms with Gasteiger partial charge in [0.05, 0.1) is 0 Å². The molecule has 14 heavy (non-hydrogen) atoms. The molecule has 2 atom stereocenters. The van der Waals surface area contributed by atoms with E-state index in [1.54, 1.807) is 11.1 Å². The lowest BCUT2D eigenvalue weighted by Gasteiger charge is -2.29. The van der Waals surface area contributed by atoms with Gasteiger partial charge >= 0.3 is 0 Å². The molecule has 0 aliphatic heterocycles. The van der Waals surface area contributed by atoms with E-state index in [4.69, 9.17) is 5.73 Å². The van der Waals surface area contributed by atoms with Gasteiger partial charge in [-0.15, -0.1) is 0 Å². The zero-order valence-electron chi connectivity index (χ0n) is 8.87. The van der Waals surface area contributed by atoms with Crippen molar-refractivity contribution in [3.63, 3.8) is 0 Å². The van der Waals surface area contributed by atoms with Crippen LogP contribution in [0.25, 0.3) is 0 Å². The van der Waals surface area contributed by atoms with Crippen LogP contribution in [-0.2, 0) is 6.42 Å². The van der Waals surface area contributed by atoms with Gasteiger partial charge in [0.1, 0.15) is 0 Å². The van der Waals surface area contributed by atoms with Gasteiger partial charge in [0.2, 0.25) is 0 Å². The van der Waals surface area contributed by atoms with Crippen LogP contribution in [0.5, 0.6) is 0 Å². The first-order valence-corrected chi connectivity index (χ1v) is 5.61. The Bertz CT molecular complexity index is 306. The molecule has 1 heteroatoms. The molecule has 1 aliphatic rings. The molecule has 76 valence electrons. The van der Waals surface area contributed by atoms with Gasteiger partial charge in [-0.3, -0.25) is 0 Å². The Hall–Kier alpha value is -0.820. The predicted octanol–water partition coefficient (Wildman–Crippen LogP) is 2.70. The minimum absolute atomic E-state index is 0.622. The molecule has 0 bridgehead atoms. The Balaban J connectivity index is 2.30. The molecular weight excluding hydrogens is 170 g/mol. The van der Waals surface area contributed by atoms with Crippen molar-refractivity contribution in [3.05, 3.63) is 35.4 Å². The minimum atomic E-state index is 0.622. The number of aryl methyl sites for hydroxylation is 1. The lowest BCUT2D eigenvalue weighted by atomic mass is 9.76. The Morgan fingerprint density at radius 3 is 3.00 bits per heavy atom. The van der Waals surface area contributed by atoms with Crippen molar-refractivity contribution in [3.8, 4) is 0 Å². The molecule has 0 fully saturated rings. The summed E-state index contributed by atoms with van der Waals surface area (Å²) in [6, 6.07) is 8.85. The van der Waals surface area contributed by atoms with Crippen molar-refractivity contribution < 1.29 is 0 Å². The maximum absolute atomic E-state index is 5.76. The quantitative estimate of drug-likeness (QED) is 0.760. The van der Waals surface area contributed by atoms with E-state index in [2.05, 4.69) is 31.2 Å². The van der Waals surface area contributed by atoms with Crippen LogP contribution in [0.15, 0.2) is 24.3 Å². The van der Waals surface area contributed by atoms with Crippen LogP contribution >= 0.6 is 0 Å². The van der Waals surface area contributed by atoms with Gasteiger partial charge in [0.25, 0.3) is 0 Å². The summed E-state index contributed by atoms with van der Waals surface area (Å²) in [5.41, 5.74) is 8.86. The first-order chi connectivity index (χ1) is 6.83. The number of nitrogens with two attached hydrogens (primary N) is 1. The fraction of sp³-hybridized carbons (Fsp3) is 0.538. The molecule has 0 saturated carbocycles. The van der Waals surface area contributed by atoms with Crippen molar-refractivity contribution >= 4 is 0 Å². The van der Waals surface area contributed by atoms with Crippen LogP contribution in [-0.4, -0.2) is 6.54 Å². The summed E-state index contributed by atoms with van der Waals surface area (Å²) >= 11 is 0. The number of hydrogen-bond donors (Lipinski definition) is 1. The molecule has 0 heterocycles. The second kappa shape index (κ2) is 4.14. The Kier molecular flexibility index (Phi) is 2.87. The molecule has 0 spiro atoms. The standard InChI is InChI=1S/C13H19N/c1-10(9-14)12-8-4-6-11-5-2-3-7-13(11)12/h2-3,5,7,10,12H,4,6,8-9,14H2,1H3. The van der Waals surface area contributed by atoms with Crippen molar-refractivity contribution in [2.24, 2.45) is 11.7 Å². The second-order valence-electron chi connectivity index (χ2n) is 4.41. The molecule has 2 unspecified atom stereocenters. The highest BCUT2D eigenvalue weighted by atomic mass is 14.6. The van der Waals surface area contributed by atoms with Gasteiger partial charge < -0.3 is 5.73 Å². The van der Waals surface area contributed by atoms with Gasteiger partial charge in [-0.05, 0) is 48.8 Å². The van der Waals surface area contributed by atoms with Crippen molar-refractivity contribution in [1.29, 1.82) is 0 Å². The van der Waals surface area contributed by atoms with E-state index in [1.807, 2.05) is 0 Å². The van der Waals surface area contributed by atoms with Gasteiger partial charge in [-0.1, -0.05) is 31.2 Å². The molecule has 1 aromatic rings. The molecule has 1 aromatic carbocycles. The van der Waals surface area contributed by atoms with Gasteiger partial charge in [0, 0.05) is 0 Å². The predicted molar refractivity (Wildman–Crippen MR) is 60.3 cm³/mol. The minimum Gasteiger partial charge on any atom is -0.330 e. The van der Waals surface area contributed by atoms with E-state index in [1.165, 1.54) is 19.3 Å². The smallest absolute Gasteiger partial charge is 0.00457 e. The summed E-state index contributed by atoms with van der Waals surface area (Å²) in [4.78, 5) is 0. The Morgan fingerprint density at radius 2 is 2.21 bits per heavy atom. The topological polar surface area (TPSA) is 26.0 Å². The van der Waals surface area contributed by atoms with Crippen LogP contribution in [0, 0.1) is 5.92 Å². The molecule has 1 nitrogen and oxygen atoms in total. The summed E-state index contributed by atoms with van der Waals surface area (Å²) in [5.74, 6) is 1.32. The molecule has 0 aromatic heterocycles. The number of fused-ring (bicyclic) bond motifs is 1. The molecule has 0 amide bonds. The maximum atomic E-state index is 5.76. The number of benzene rings is 1. The third-order valence-corrected chi connectivity index (χ3v) is 3.47. The largest absolute Gasteiger partial charge is 0.330 e. The van der Waals surface area contributed by atoms with Crippen molar-refractivity contribution in [1.82, 2.24) is 0 Å². The van der Waals surface area contributed by atoms with E-state index in [0.717, 1.165) is 6.54 Å². The van der Waals surface area contributed by atoms with Crippen LogP contribution in [0.3, 0.4) is 0 Å². The zero-order valence-corrected chi connectivity index (χ0v) is 8.87. The molecular formula is C13H19N. The third-order valence-electron chi connectivity index (χ3n) is 3.47.